The van der Waals surface area contributed by atoms with Crippen LogP contribution in [0.25, 0.3) is 0 Å². The lowest BCUT2D eigenvalue weighted by Gasteiger charge is -2.09. The van der Waals surface area contributed by atoms with E-state index in [-0.39, 0.29) is 16.6 Å². The first kappa shape index (κ1) is 13.1. The average molecular weight is 284 g/mol. The van der Waals surface area contributed by atoms with Gasteiger partial charge in [-0.1, -0.05) is 5.10 Å². The Morgan fingerprint density at radius 1 is 1.42 bits per heavy atom. The molecule has 0 fully saturated rings. The molecule has 0 amide bonds. The van der Waals surface area contributed by atoms with Crippen molar-refractivity contribution in [3.05, 3.63) is 18.2 Å². The molecule has 0 aliphatic heterocycles. The fraction of sp³-hybridized carbons (Fsp3) is 0.222. The second kappa shape index (κ2) is 4.72. The van der Waals surface area contributed by atoms with Gasteiger partial charge in [-0.2, -0.15) is 4.80 Å². The molecular weight excluding hydrogens is 272 g/mol. The zero-order valence-corrected chi connectivity index (χ0v) is 11.0. The molecule has 0 spiro atoms. The summed E-state index contributed by atoms with van der Waals surface area (Å²) >= 11 is 0. The largest absolute Gasteiger partial charge is 0.495 e. The normalized spacial score (nSPS) is 11.3. The SMILES string of the molecule is COc1cc(N)ccc1S(=O)(=O)Nc1nnn(C)n1. The lowest BCUT2D eigenvalue weighted by molar-refractivity contribution is 0.403. The zero-order chi connectivity index (χ0) is 14.0. The minimum Gasteiger partial charge on any atom is -0.495 e. The van der Waals surface area contributed by atoms with Crippen LogP contribution in [0.1, 0.15) is 0 Å². The van der Waals surface area contributed by atoms with Gasteiger partial charge in [0.1, 0.15) is 10.6 Å². The predicted octanol–water partition coefficient (Wildman–Crippen LogP) is -0.398. The number of sulfonamides is 1. The third kappa shape index (κ3) is 2.73. The third-order valence-corrected chi connectivity index (χ3v) is 3.58. The number of ether oxygens (including phenoxy) is 1. The summed E-state index contributed by atoms with van der Waals surface area (Å²) in [5.74, 6) is 0.0118. The van der Waals surface area contributed by atoms with Gasteiger partial charge in [-0.05, 0) is 17.3 Å². The van der Waals surface area contributed by atoms with Gasteiger partial charge in [-0.3, -0.25) is 0 Å². The third-order valence-electron chi connectivity index (χ3n) is 2.21. The number of methoxy groups -OCH3 is 1. The van der Waals surface area contributed by atoms with Crippen molar-refractivity contribution >= 4 is 21.7 Å². The van der Waals surface area contributed by atoms with Crippen LogP contribution in [0.5, 0.6) is 5.75 Å². The fourth-order valence-corrected chi connectivity index (χ4v) is 2.49. The number of anilines is 2. The summed E-state index contributed by atoms with van der Waals surface area (Å²) in [6.45, 7) is 0. The Balaban J connectivity index is 2.39. The number of tetrazole rings is 1. The summed E-state index contributed by atoms with van der Waals surface area (Å²) in [5.41, 5.74) is 5.97. The highest BCUT2D eigenvalue weighted by atomic mass is 32.2. The van der Waals surface area contributed by atoms with E-state index in [1.807, 2.05) is 0 Å². The molecule has 0 saturated carbocycles. The minimum absolute atomic E-state index is 0.0587. The smallest absolute Gasteiger partial charge is 0.277 e. The van der Waals surface area contributed by atoms with Crippen LogP contribution in [0.15, 0.2) is 23.1 Å². The summed E-state index contributed by atoms with van der Waals surface area (Å²) < 4.78 is 31.5. The first-order valence-electron chi connectivity index (χ1n) is 5.13. The Bertz CT molecular complexity index is 696. The second-order valence-electron chi connectivity index (χ2n) is 3.62. The molecule has 9 nitrogen and oxygen atoms in total. The summed E-state index contributed by atoms with van der Waals surface area (Å²) in [7, 11) is -0.990. The number of rotatable bonds is 4. The maximum absolute atomic E-state index is 12.2. The van der Waals surface area contributed by atoms with Crippen molar-refractivity contribution < 1.29 is 13.2 Å². The Hall–Kier alpha value is -2.36. The van der Waals surface area contributed by atoms with E-state index in [0.717, 1.165) is 4.80 Å². The van der Waals surface area contributed by atoms with Crippen LogP contribution in [0.4, 0.5) is 11.6 Å². The quantitative estimate of drug-likeness (QED) is 0.732. The molecule has 0 aliphatic rings. The Kier molecular flexibility index (Phi) is 3.25. The topological polar surface area (TPSA) is 125 Å². The highest BCUT2D eigenvalue weighted by Crippen LogP contribution is 2.26. The van der Waals surface area contributed by atoms with Crippen molar-refractivity contribution in [2.45, 2.75) is 4.90 Å². The van der Waals surface area contributed by atoms with E-state index in [2.05, 4.69) is 20.1 Å². The lowest BCUT2D eigenvalue weighted by Crippen LogP contribution is -2.15. The van der Waals surface area contributed by atoms with Gasteiger partial charge in [0.15, 0.2) is 0 Å². The second-order valence-corrected chi connectivity index (χ2v) is 5.27. The average Bonchev–Trinajstić information content (AvgIpc) is 2.73. The maximum Gasteiger partial charge on any atom is 0.277 e. The van der Waals surface area contributed by atoms with Crippen LogP contribution in [-0.2, 0) is 17.1 Å². The molecule has 0 atom stereocenters. The molecule has 0 aliphatic carbocycles. The molecule has 0 saturated heterocycles. The Morgan fingerprint density at radius 3 is 2.74 bits per heavy atom. The van der Waals surface area contributed by atoms with Crippen molar-refractivity contribution in [2.24, 2.45) is 7.05 Å². The fourth-order valence-electron chi connectivity index (χ4n) is 1.41. The van der Waals surface area contributed by atoms with Crippen LogP contribution >= 0.6 is 0 Å². The van der Waals surface area contributed by atoms with Crippen LogP contribution in [0, 0.1) is 0 Å². The molecule has 1 aromatic heterocycles. The van der Waals surface area contributed by atoms with Crippen molar-refractivity contribution in [1.82, 2.24) is 20.2 Å². The van der Waals surface area contributed by atoms with Crippen molar-refractivity contribution in [3.8, 4) is 5.75 Å². The van der Waals surface area contributed by atoms with E-state index >= 15 is 0 Å². The van der Waals surface area contributed by atoms with Gasteiger partial charge in [-0.15, -0.1) is 5.10 Å². The molecule has 1 heterocycles. The molecule has 1 aromatic carbocycles. The number of aromatic nitrogens is 4. The summed E-state index contributed by atoms with van der Waals surface area (Å²) in [5, 5.41) is 10.8. The molecule has 3 N–H and O–H groups in total. The van der Waals surface area contributed by atoms with Crippen LogP contribution in [-0.4, -0.2) is 35.7 Å². The number of hydrogen-bond acceptors (Lipinski definition) is 7. The van der Waals surface area contributed by atoms with E-state index in [9.17, 15) is 8.42 Å². The number of nitrogen functional groups attached to an aromatic ring is 1. The Labute approximate surface area is 109 Å². The molecule has 2 rings (SSSR count). The van der Waals surface area contributed by atoms with Gasteiger partial charge < -0.3 is 10.5 Å². The van der Waals surface area contributed by atoms with Crippen LogP contribution in [0.3, 0.4) is 0 Å². The summed E-state index contributed by atoms with van der Waals surface area (Å²) in [4.78, 5) is 1.08. The van der Waals surface area contributed by atoms with Gasteiger partial charge in [0, 0.05) is 11.8 Å². The van der Waals surface area contributed by atoms with Gasteiger partial charge in [0.05, 0.1) is 14.2 Å². The molecule has 0 radical (unpaired) electrons. The highest BCUT2D eigenvalue weighted by molar-refractivity contribution is 7.92. The van der Waals surface area contributed by atoms with Crippen molar-refractivity contribution in [3.63, 3.8) is 0 Å². The highest BCUT2D eigenvalue weighted by Gasteiger charge is 2.21. The zero-order valence-electron chi connectivity index (χ0n) is 10.2. The number of nitrogens with zero attached hydrogens (tertiary/aromatic N) is 4. The van der Waals surface area contributed by atoms with Crippen molar-refractivity contribution in [2.75, 3.05) is 17.6 Å². The molecule has 102 valence electrons. The van der Waals surface area contributed by atoms with Gasteiger partial charge >= 0.3 is 0 Å². The predicted molar refractivity (Wildman–Crippen MR) is 67.0 cm³/mol. The molecule has 0 bridgehead atoms. The minimum atomic E-state index is -3.87. The monoisotopic (exact) mass is 284 g/mol. The summed E-state index contributed by atoms with van der Waals surface area (Å²) in [6.07, 6.45) is 0. The molecule has 2 aromatic rings. The number of aryl methyl sites for hydroxylation is 1. The van der Waals surface area contributed by atoms with E-state index < -0.39 is 10.0 Å². The van der Waals surface area contributed by atoms with Crippen LogP contribution < -0.4 is 15.2 Å². The number of hydrogen-bond donors (Lipinski definition) is 2. The summed E-state index contributed by atoms with van der Waals surface area (Å²) in [6, 6.07) is 4.21. The van der Waals surface area contributed by atoms with E-state index in [1.165, 1.54) is 32.4 Å². The number of benzene rings is 1. The lowest BCUT2D eigenvalue weighted by atomic mass is 10.3. The van der Waals surface area contributed by atoms with Gasteiger partial charge in [0.25, 0.3) is 16.0 Å². The van der Waals surface area contributed by atoms with Gasteiger partial charge in [0.2, 0.25) is 0 Å². The molecule has 0 unspecified atom stereocenters. The Morgan fingerprint density at radius 2 is 2.16 bits per heavy atom. The maximum atomic E-state index is 12.2. The van der Waals surface area contributed by atoms with Gasteiger partial charge in [-0.25, -0.2) is 13.1 Å². The first-order chi connectivity index (χ1) is 8.92. The number of nitrogens with two attached hydrogens (primary N) is 1. The first-order valence-corrected chi connectivity index (χ1v) is 6.61. The molecular formula is C9H12N6O3S. The van der Waals surface area contributed by atoms with Crippen LogP contribution in [0.2, 0.25) is 0 Å². The number of nitrogens with one attached hydrogen (secondary N) is 1. The molecule has 19 heavy (non-hydrogen) atoms. The van der Waals surface area contributed by atoms with E-state index in [4.69, 9.17) is 10.5 Å². The molecule has 10 heteroatoms. The van der Waals surface area contributed by atoms with Crippen molar-refractivity contribution in [1.29, 1.82) is 0 Å². The van der Waals surface area contributed by atoms with E-state index in [1.54, 1.807) is 0 Å². The van der Waals surface area contributed by atoms with E-state index in [0.29, 0.717) is 5.69 Å². The standard InChI is InChI=1S/C9H12N6O3S/c1-15-12-9(11-14-15)13-19(16,17)8-4-3-6(10)5-7(8)18-2/h3-5H,10H2,1-2H3,(H,12,13).